The minimum atomic E-state index is -3.86. The zero-order valence-electron chi connectivity index (χ0n) is 12.9. The lowest BCUT2D eigenvalue weighted by atomic mass is 10.1. The second-order valence-corrected chi connectivity index (χ2v) is 6.68. The molecule has 1 amide bonds. The number of primary sulfonamides is 1. The lowest BCUT2D eigenvalue weighted by Crippen LogP contribution is -2.17. The first-order valence-electron chi connectivity index (χ1n) is 6.86. The maximum atomic E-state index is 12.2. The van der Waals surface area contributed by atoms with E-state index in [1.807, 2.05) is 31.2 Å². The number of methoxy groups -OCH3 is 1. The second-order valence-electron chi connectivity index (χ2n) is 5.12. The summed E-state index contributed by atoms with van der Waals surface area (Å²) in [6.07, 6.45) is 0.171. The van der Waals surface area contributed by atoms with Crippen molar-refractivity contribution in [2.24, 2.45) is 5.14 Å². The van der Waals surface area contributed by atoms with Crippen molar-refractivity contribution in [3.8, 4) is 5.75 Å². The number of benzene rings is 2. The Labute approximate surface area is 135 Å². The topological polar surface area (TPSA) is 98.5 Å². The van der Waals surface area contributed by atoms with Crippen LogP contribution >= 0.6 is 0 Å². The molecule has 0 bridgehead atoms. The highest BCUT2D eigenvalue weighted by molar-refractivity contribution is 7.89. The van der Waals surface area contributed by atoms with Crippen LogP contribution in [-0.4, -0.2) is 21.4 Å². The highest BCUT2D eigenvalue weighted by Crippen LogP contribution is 2.27. The first-order chi connectivity index (χ1) is 10.8. The SMILES string of the molecule is COc1ccc(S(N)(=O)=O)cc1NC(=O)Cc1cccc(C)c1. The first kappa shape index (κ1) is 17.0. The van der Waals surface area contributed by atoms with Crippen LogP contribution in [0.25, 0.3) is 0 Å². The van der Waals surface area contributed by atoms with Crippen molar-refractivity contribution in [2.45, 2.75) is 18.2 Å². The van der Waals surface area contributed by atoms with E-state index in [1.54, 1.807) is 0 Å². The van der Waals surface area contributed by atoms with E-state index in [9.17, 15) is 13.2 Å². The van der Waals surface area contributed by atoms with Crippen molar-refractivity contribution in [3.05, 3.63) is 53.6 Å². The van der Waals surface area contributed by atoms with Crippen LogP contribution in [0.5, 0.6) is 5.75 Å². The third-order valence-electron chi connectivity index (χ3n) is 3.22. The fourth-order valence-electron chi connectivity index (χ4n) is 2.16. The number of carbonyl (C=O) groups excluding carboxylic acids is 1. The number of carbonyl (C=O) groups is 1. The molecule has 6 nitrogen and oxygen atoms in total. The average Bonchev–Trinajstić information content (AvgIpc) is 2.46. The van der Waals surface area contributed by atoms with Crippen molar-refractivity contribution < 1.29 is 17.9 Å². The monoisotopic (exact) mass is 334 g/mol. The van der Waals surface area contributed by atoms with Crippen molar-refractivity contribution in [1.29, 1.82) is 0 Å². The molecule has 0 fully saturated rings. The number of nitrogens with one attached hydrogen (secondary N) is 1. The van der Waals surface area contributed by atoms with E-state index in [-0.39, 0.29) is 22.9 Å². The summed E-state index contributed by atoms with van der Waals surface area (Å²) in [7, 11) is -2.42. The molecule has 2 rings (SSSR count). The van der Waals surface area contributed by atoms with Gasteiger partial charge in [0.2, 0.25) is 15.9 Å². The minimum Gasteiger partial charge on any atom is -0.495 e. The molecule has 0 saturated carbocycles. The van der Waals surface area contributed by atoms with Gasteiger partial charge >= 0.3 is 0 Å². The smallest absolute Gasteiger partial charge is 0.238 e. The number of rotatable bonds is 5. The van der Waals surface area contributed by atoms with Crippen molar-refractivity contribution in [2.75, 3.05) is 12.4 Å². The quantitative estimate of drug-likeness (QED) is 0.871. The summed E-state index contributed by atoms with van der Waals surface area (Å²) >= 11 is 0. The molecule has 0 aliphatic rings. The predicted molar refractivity (Wildman–Crippen MR) is 87.9 cm³/mol. The second kappa shape index (κ2) is 6.80. The highest BCUT2D eigenvalue weighted by atomic mass is 32.2. The van der Waals surface area contributed by atoms with E-state index in [1.165, 1.54) is 25.3 Å². The molecule has 3 N–H and O–H groups in total. The summed E-state index contributed by atoms with van der Waals surface area (Å²) in [6.45, 7) is 1.94. The molecule has 0 heterocycles. The molecule has 2 aromatic carbocycles. The Hall–Kier alpha value is -2.38. The maximum Gasteiger partial charge on any atom is 0.238 e. The van der Waals surface area contributed by atoms with Crippen LogP contribution in [0.3, 0.4) is 0 Å². The molecule has 0 radical (unpaired) electrons. The summed E-state index contributed by atoms with van der Waals surface area (Å²) in [5, 5.41) is 7.76. The van der Waals surface area contributed by atoms with Crippen molar-refractivity contribution >= 4 is 21.6 Å². The molecule has 0 atom stereocenters. The molecule has 0 spiro atoms. The molecular formula is C16H18N2O4S. The maximum absolute atomic E-state index is 12.2. The van der Waals surface area contributed by atoms with E-state index in [0.717, 1.165) is 11.1 Å². The zero-order chi connectivity index (χ0) is 17.0. The number of hydrogen-bond acceptors (Lipinski definition) is 4. The Morgan fingerprint density at radius 3 is 2.57 bits per heavy atom. The van der Waals surface area contributed by atoms with Crippen LogP contribution in [0.15, 0.2) is 47.4 Å². The number of sulfonamides is 1. The van der Waals surface area contributed by atoms with Crippen LogP contribution in [0.1, 0.15) is 11.1 Å². The highest BCUT2D eigenvalue weighted by Gasteiger charge is 2.14. The Morgan fingerprint density at radius 2 is 1.96 bits per heavy atom. The lowest BCUT2D eigenvalue weighted by molar-refractivity contribution is -0.115. The first-order valence-corrected chi connectivity index (χ1v) is 8.40. The molecule has 0 aliphatic carbocycles. The van der Waals surface area contributed by atoms with Crippen LogP contribution < -0.4 is 15.2 Å². The van der Waals surface area contributed by atoms with Crippen LogP contribution in [0, 0.1) is 6.92 Å². The summed E-state index contributed by atoms with van der Waals surface area (Å²) < 4.78 is 28.0. The number of amides is 1. The molecule has 122 valence electrons. The largest absolute Gasteiger partial charge is 0.495 e. The van der Waals surface area contributed by atoms with E-state index in [0.29, 0.717) is 5.75 Å². The molecule has 0 saturated heterocycles. The van der Waals surface area contributed by atoms with Gasteiger partial charge in [0, 0.05) is 0 Å². The van der Waals surface area contributed by atoms with Crippen LogP contribution in [-0.2, 0) is 21.2 Å². The van der Waals surface area contributed by atoms with Gasteiger partial charge in [-0.2, -0.15) is 0 Å². The summed E-state index contributed by atoms with van der Waals surface area (Å²) in [5.74, 6) is 0.0791. The molecule has 7 heteroatoms. The Morgan fingerprint density at radius 1 is 1.22 bits per heavy atom. The van der Waals surface area contributed by atoms with Crippen LogP contribution in [0.2, 0.25) is 0 Å². The summed E-state index contributed by atoms with van der Waals surface area (Å²) in [6, 6.07) is 11.6. The Kier molecular flexibility index (Phi) is 5.02. The fourth-order valence-corrected chi connectivity index (χ4v) is 2.70. The van der Waals surface area contributed by atoms with Crippen molar-refractivity contribution in [3.63, 3.8) is 0 Å². The summed E-state index contributed by atoms with van der Waals surface area (Å²) in [4.78, 5) is 12.1. The lowest BCUT2D eigenvalue weighted by Gasteiger charge is -2.11. The summed E-state index contributed by atoms with van der Waals surface area (Å²) in [5.41, 5.74) is 2.19. The number of hydrogen-bond donors (Lipinski definition) is 2. The molecule has 2 aromatic rings. The fraction of sp³-hybridized carbons (Fsp3) is 0.188. The van der Waals surface area contributed by atoms with E-state index >= 15 is 0 Å². The third-order valence-corrected chi connectivity index (χ3v) is 4.13. The van der Waals surface area contributed by atoms with Gasteiger partial charge < -0.3 is 10.1 Å². The van der Waals surface area contributed by atoms with E-state index in [2.05, 4.69) is 5.32 Å². The van der Waals surface area contributed by atoms with E-state index < -0.39 is 10.0 Å². The minimum absolute atomic E-state index is 0.0934. The normalized spacial score (nSPS) is 11.1. The Bertz CT molecular complexity index is 832. The average molecular weight is 334 g/mol. The standard InChI is InChI=1S/C16H18N2O4S/c1-11-4-3-5-12(8-11)9-16(19)18-14-10-13(23(17,20)21)6-7-15(14)22-2/h3-8,10H,9H2,1-2H3,(H,18,19)(H2,17,20,21). The number of ether oxygens (including phenoxy) is 1. The van der Waals surface area contributed by atoms with Gasteiger partial charge in [0.25, 0.3) is 0 Å². The molecule has 23 heavy (non-hydrogen) atoms. The van der Waals surface area contributed by atoms with Gasteiger partial charge in [-0.15, -0.1) is 0 Å². The van der Waals surface area contributed by atoms with Gasteiger partial charge in [0.15, 0.2) is 0 Å². The third kappa shape index (κ3) is 4.54. The molecule has 0 unspecified atom stereocenters. The molecule has 0 aromatic heterocycles. The number of aryl methyl sites for hydroxylation is 1. The van der Waals surface area contributed by atoms with Crippen molar-refractivity contribution in [1.82, 2.24) is 0 Å². The predicted octanol–water partition coefficient (Wildman–Crippen LogP) is 1.83. The number of anilines is 1. The zero-order valence-corrected chi connectivity index (χ0v) is 13.7. The van der Waals surface area contributed by atoms with Gasteiger partial charge in [-0.05, 0) is 30.7 Å². The van der Waals surface area contributed by atoms with Crippen LogP contribution in [0.4, 0.5) is 5.69 Å². The van der Waals surface area contributed by atoms with Gasteiger partial charge in [0.05, 0.1) is 24.1 Å². The van der Waals surface area contributed by atoms with Gasteiger partial charge in [-0.25, -0.2) is 13.6 Å². The van der Waals surface area contributed by atoms with Gasteiger partial charge in [-0.1, -0.05) is 29.8 Å². The van der Waals surface area contributed by atoms with Gasteiger partial charge in [0.1, 0.15) is 5.75 Å². The number of nitrogens with two attached hydrogens (primary N) is 1. The Balaban J connectivity index is 2.22. The molecular weight excluding hydrogens is 316 g/mol. The molecule has 0 aliphatic heterocycles. The van der Waals surface area contributed by atoms with E-state index in [4.69, 9.17) is 9.88 Å². The van der Waals surface area contributed by atoms with Gasteiger partial charge in [-0.3, -0.25) is 4.79 Å².